The lowest BCUT2D eigenvalue weighted by Crippen LogP contribution is -2.50. The van der Waals surface area contributed by atoms with Gasteiger partial charge in [0.1, 0.15) is 5.54 Å². The SMILES string of the molecule is Cc1ccc(Cl)c(NCC(=O)NC(C)(C#N)C(C)C)c1Cl. The summed E-state index contributed by atoms with van der Waals surface area (Å²) in [4.78, 5) is 12.0. The number of halogens is 2. The highest BCUT2D eigenvalue weighted by Gasteiger charge is 2.29. The van der Waals surface area contributed by atoms with Gasteiger partial charge in [-0.25, -0.2) is 0 Å². The summed E-state index contributed by atoms with van der Waals surface area (Å²) in [6.45, 7) is 7.31. The maximum Gasteiger partial charge on any atom is 0.240 e. The second-order valence-electron chi connectivity index (χ2n) is 5.42. The summed E-state index contributed by atoms with van der Waals surface area (Å²) in [6, 6.07) is 5.65. The summed E-state index contributed by atoms with van der Waals surface area (Å²) >= 11 is 12.2. The molecule has 2 N–H and O–H groups in total. The summed E-state index contributed by atoms with van der Waals surface area (Å²) in [5, 5.41) is 15.8. The maximum absolute atomic E-state index is 12.0. The van der Waals surface area contributed by atoms with Gasteiger partial charge in [-0.3, -0.25) is 4.79 Å². The molecule has 0 spiro atoms. The summed E-state index contributed by atoms with van der Waals surface area (Å²) in [5.74, 6) is -0.293. The summed E-state index contributed by atoms with van der Waals surface area (Å²) in [5.41, 5.74) is 0.489. The molecular formula is C15H19Cl2N3O. The first-order chi connectivity index (χ1) is 9.71. The van der Waals surface area contributed by atoms with E-state index in [9.17, 15) is 10.1 Å². The molecule has 1 unspecified atom stereocenters. The Bertz CT molecular complexity index is 581. The fraction of sp³-hybridized carbons (Fsp3) is 0.467. The van der Waals surface area contributed by atoms with E-state index in [2.05, 4.69) is 16.7 Å². The Labute approximate surface area is 135 Å². The highest BCUT2D eigenvalue weighted by molar-refractivity contribution is 6.39. The summed E-state index contributed by atoms with van der Waals surface area (Å²) in [7, 11) is 0. The van der Waals surface area contributed by atoms with E-state index < -0.39 is 5.54 Å². The molecule has 4 nitrogen and oxygen atoms in total. The number of carbonyl (C=O) groups excluding carboxylic acids is 1. The Balaban J connectivity index is 2.75. The molecule has 6 heteroatoms. The van der Waals surface area contributed by atoms with Crippen LogP contribution in [0.15, 0.2) is 12.1 Å². The molecule has 0 radical (unpaired) electrons. The van der Waals surface area contributed by atoms with E-state index >= 15 is 0 Å². The predicted octanol–water partition coefficient (Wildman–Crippen LogP) is 3.77. The largest absolute Gasteiger partial charge is 0.374 e. The highest BCUT2D eigenvalue weighted by Crippen LogP contribution is 2.32. The predicted molar refractivity (Wildman–Crippen MR) is 86.7 cm³/mol. The number of nitrogens with zero attached hydrogens (tertiary/aromatic N) is 1. The van der Waals surface area contributed by atoms with E-state index in [1.165, 1.54) is 0 Å². The topological polar surface area (TPSA) is 64.9 Å². The third-order valence-corrected chi connectivity index (χ3v) is 4.30. The number of hydrogen-bond acceptors (Lipinski definition) is 3. The zero-order valence-electron chi connectivity index (χ0n) is 12.6. The molecule has 0 saturated heterocycles. The van der Waals surface area contributed by atoms with E-state index in [1.54, 1.807) is 19.1 Å². The molecule has 0 saturated carbocycles. The lowest BCUT2D eigenvalue weighted by Gasteiger charge is -2.27. The second kappa shape index (κ2) is 7.02. The van der Waals surface area contributed by atoms with Gasteiger partial charge in [0.25, 0.3) is 0 Å². The van der Waals surface area contributed by atoms with Gasteiger partial charge in [0.2, 0.25) is 5.91 Å². The molecule has 0 fully saturated rings. The van der Waals surface area contributed by atoms with Gasteiger partial charge in [-0.1, -0.05) is 43.1 Å². The van der Waals surface area contributed by atoms with Crippen LogP contribution in [0.5, 0.6) is 0 Å². The molecule has 1 rings (SSSR count). The molecule has 1 aromatic carbocycles. The molecule has 1 aromatic rings. The van der Waals surface area contributed by atoms with Crippen LogP contribution >= 0.6 is 23.2 Å². The molecule has 0 heterocycles. The van der Waals surface area contributed by atoms with Gasteiger partial charge in [0, 0.05) is 0 Å². The van der Waals surface area contributed by atoms with Gasteiger partial charge < -0.3 is 10.6 Å². The normalized spacial score (nSPS) is 13.4. The van der Waals surface area contributed by atoms with Crippen molar-refractivity contribution in [1.82, 2.24) is 5.32 Å². The second-order valence-corrected chi connectivity index (χ2v) is 6.21. The van der Waals surface area contributed by atoms with Crippen molar-refractivity contribution in [3.8, 4) is 6.07 Å². The minimum atomic E-state index is -0.904. The van der Waals surface area contributed by atoms with E-state index in [1.807, 2.05) is 20.8 Å². The van der Waals surface area contributed by atoms with Crippen LogP contribution in [0.3, 0.4) is 0 Å². The lowest BCUT2D eigenvalue weighted by atomic mass is 9.90. The first-order valence-electron chi connectivity index (χ1n) is 6.62. The van der Waals surface area contributed by atoms with Crippen molar-refractivity contribution in [2.24, 2.45) is 5.92 Å². The molecule has 114 valence electrons. The Morgan fingerprint density at radius 2 is 2.05 bits per heavy atom. The zero-order chi connectivity index (χ0) is 16.2. The van der Waals surface area contributed by atoms with Gasteiger partial charge in [0.05, 0.1) is 28.3 Å². The molecular weight excluding hydrogens is 309 g/mol. The smallest absolute Gasteiger partial charge is 0.240 e. The number of nitrogens with one attached hydrogen (secondary N) is 2. The third-order valence-electron chi connectivity index (χ3n) is 3.50. The molecule has 0 bridgehead atoms. The number of amides is 1. The quantitative estimate of drug-likeness (QED) is 0.865. The summed E-state index contributed by atoms with van der Waals surface area (Å²) < 4.78 is 0. The van der Waals surface area contributed by atoms with Crippen molar-refractivity contribution in [2.45, 2.75) is 33.2 Å². The Hall–Kier alpha value is -1.44. The van der Waals surface area contributed by atoms with Crippen molar-refractivity contribution in [3.63, 3.8) is 0 Å². The fourth-order valence-electron chi connectivity index (χ4n) is 1.62. The van der Waals surface area contributed by atoms with E-state index in [-0.39, 0.29) is 18.4 Å². The van der Waals surface area contributed by atoms with Crippen molar-refractivity contribution in [1.29, 1.82) is 5.26 Å². The maximum atomic E-state index is 12.0. The lowest BCUT2D eigenvalue weighted by molar-refractivity contribution is -0.121. The van der Waals surface area contributed by atoms with E-state index in [0.29, 0.717) is 15.7 Å². The van der Waals surface area contributed by atoms with Crippen LogP contribution in [0.25, 0.3) is 0 Å². The minimum absolute atomic E-state index is 0.00223. The highest BCUT2D eigenvalue weighted by atomic mass is 35.5. The molecule has 1 atom stereocenters. The molecule has 0 aliphatic carbocycles. The minimum Gasteiger partial charge on any atom is -0.374 e. The third kappa shape index (κ3) is 4.26. The van der Waals surface area contributed by atoms with Gasteiger partial charge in [-0.2, -0.15) is 5.26 Å². The number of nitriles is 1. The van der Waals surface area contributed by atoms with Gasteiger partial charge in [-0.15, -0.1) is 0 Å². The molecule has 0 aliphatic heterocycles. The zero-order valence-corrected chi connectivity index (χ0v) is 14.1. The molecule has 1 amide bonds. The average Bonchev–Trinajstić information content (AvgIpc) is 2.42. The average molecular weight is 328 g/mol. The monoisotopic (exact) mass is 327 g/mol. The van der Waals surface area contributed by atoms with Crippen LogP contribution < -0.4 is 10.6 Å². The van der Waals surface area contributed by atoms with Gasteiger partial charge in [0.15, 0.2) is 0 Å². The van der Waals surface area contributed by atoms with Crippen molar-refractivity contribution < 1.29 is 4.79 Å². The fourth-order valence-corrected chi connectivity index (χ4v) is 2.13. The number of anilines is 1. The van der Waals surface area contributed by atoms with Crippen molar-refractivity contribution in [2.75, 3.05) is 11.9 Å². The Morgan fingerprint density at radius 1 is 1.43 bits per heavy atom. The molecule has 21 heavy (non-hydrogen) atoms. The van der Waals surface area contributed by atoms with E-state index in [4.69, 9.17) is 23.2 Å². The standard InChI is InChI=1S/C15H19Cl2N3O/c1-9(2)15(4,8-18)20-12(21)7-19-14-11(16)6-5-10(3)13(14)17/h5-6,9,19H,7H2,1-4H3,(H,20,21). The van der Waals surface area contributed by atoms with Crippen LogP contribution in [0.2, 0.25) is 10.0 Å². The number of benzene rings is 1. The van der Waals surface area contributed by atoms with Gasteiger partial charge in [-0.05, 0) is 31.4 Å². The van der Waals surface area contributed by atoms with Crippen molar-refractivity contribution in [3.05, 3.63) is 27.7 Å². The first-order valence-corrected chi connectivity index (χ1v) is 7.37. The van der Waals surface area contributed by atoms with Crippen LogP contribution in [0, 0.1) is 24.2 Å². The Kier molecular flexibility index (Phi) is 5.88. The van der Waals surface area contributed by atoms with Crippen LogP contribution in [-0.4, -0.2) is 18.0 Å². The van der Waals surface area contributed by atoms with Crippen LogP contribution in [-0.2, 0) is 4.79 Å². The number of carbonyl (C=O) groups is 1. The van der Waals surface area contributed by atoms with E-state index in [0.717, 1.165) is 5.56 Å². The summed E-state index contributed by atoms with van der Waals surface area (Å²) in [6.07, 6.45) is 0. The van der Waals surface area contributed by atoms with Crippen molar-refractivity contribution >= 4 is 34.8 Å². The number of hydrogen-bond donors (Lipinski definition) is 2. The van der Waals surface area contributed by atoms with Gasteiger partial charge >= 0.3 is 0 Å². The van der Waals surface area contributed by atoms with Crippen LogP contribution in [0.4, 0.5) is 5.69 Å². The number of rotatable bonds is 5. The molecule has 0 aromatic heterocycles. The van der Waals surface area contributed by atoms with Crippen LogP contribution in [0.1, 0.15) is 26.3 Å². The first kappa shape index (κ1) is 17.6. The Morgan fingerprint density at radius 3 is 2.57 bits per heavy atom. The number of aryl methyl sites for hydroxylation is 1. The molecule has 0 aliphatic rings.